The number of likely N-dealkylation sites (tertiary alicyclic amines) is 1. The lowest BCUT2D eigenvalue weighted by Gasteiger charge is -2.37. The molecule has 0 radical (unpaired) electrons. The third kappa shape index (κ3) is 4.71. The number of hydrogen-bond acceptors (Lipinski definition) is 6. The van der Waals surface area contributed by atoms with Crippen molar-refractivity contribution in [1.82, 2.24) is 19.9 Å². The maximum atomic E-state index is 11.2. The summed E-state index contributed by atoms with van der Waals surface area (Å²) >= 11 is 0. The number of fused-ring (bicyclic) bond motifs is 1. The standard InChI is InChI=1S/C22H31N5O3/c1-15(28)23-19-6-4-16(5-7-19)10-26-11-17-8-21(22(30-3)9-18(17)12-26)27-13-20(14-29-2)24-25-27/h4-7,13,17-18,21-22H,8-12,14H2,1-3H3,(H,23,28)/t17-,18+,21-,22-/m1/s1. The zero-order chi connectivity index (χ0) is 21.1. The molecule has 1 amide bonds. The number of benzene rings is 1. The number of methoxy groups -OCH3 is 2. The second-order valence-electron chi connectivity index (χ2n) is 8.53. The summed E-state index contributed by atoms with van der Waals surface area (Å²) in [7, 11) is 3.47. The molecule has 1 aliphatic carbocycles. The van der Waals surface area contributed by atoms with Crippen LogP contribution in [-0.4, -0.2) is 59.2 Å². The van der Waals surface area contributed by atoms with Gasteiger partial charge in [0.1, 0.15) is 5.69 Å². The number of nitrogens with zero attached hydrogens (tertiary/aromatic N) is 4. The number of hydrogen-bond donors (Lipinski definition) is 1. The van der Waals surface area contributed by atoms with E-state index in [2.05, 4.69) is 32.7 Å². The summed E-state index contributed by atoms with van der Waals surface area (Å²) in [5.41, 5.74) is 2.96. The van der Waals surface area contributed by atoms with Crippen LogP contribution >= 0.6 is 0 Å². The molecule has 0 bridgehead atoms. The Labute approximate surface area is 177 Å². The van der Waals surface area contributed by atoms with Crippen molar-refractivity contribution in [2.24, 2.45) is 11.8 Å². The second kappa shape index (κ2) is 9.24. The van der Waals surface area contributed by atoms with Gasteiger partial charge in [0.05, 0.1) is 24.9 Å². The van der Waals surface area contributed by atoms with Gasteiger partial charge in [-0.3, -0.25) is 9.69 Å². The van der Waals surface area contributed by atoms with Crippen molar-refractivity contribution in [3.63, 3.8) is 0 Å². The van der Waals surface area contributed by atoms with Crippen LogP contribution in [0.25, 0.3) is 0 Å². The molecule has 2 aliphatic rings. The maximum Gasteiger partial charge on any atom is 0.221 e. The Morgan fingerprint density at radius 2 is 1.90 bits per heavy atom. The third-order valence-corrected chi connectivity index (χ3v) is 6.33. The average Bonchev–Trinajstić information content (AvgIpc) is 3.34. The molecule has 162 valence electrons. The van der Waals surface area contributed by atoms with E-state index < -0.39 is 0 Å². The molecule has 1 saturated carbocycles. The van der Waals surface area contributed by atoms with Gasteiger partial charge in [0.25, 0.3) is 0 Å². The van der Waals surface area contributed by atoms with Crippen LogP contribution in [-0.2, 0) is 27.4 Å². The number of amides is 1. The Balaban J connectivity index is 1.38. The van der Waals surface area contributed by atoms with E-state index in [4.69, 9.17) is 9.47 Å². The van der Waals surface area contributed by atoms with Crippen molar-refractivity contribution in [1.29, 1.82) is 0 Å². The Hall–Kier alpha value is -2.29. The zero-order valence-electron chi connectivity index (χ0n) is 18.0. The van der Waals surface area contributed by atoms with Gasteiger partial charge in [-0.1, -0.05) is 17.3 Å². The summed E-state index contributed by atoms with van der Waals surface area (Å²) in [5, 5.41) is 11.4. The van der Waals surface area contributed by atoms with Gasteiger partial charge in [0.2, 0.25) is 5.91 Å². The molecule has 1 aromatic carbocycles. The number of carbonyl (C=O) groups is 1. The molecule has 2 fully saturated rings. The molecule has 4 atom stereocenters. The highest BCUT2D eigenvalue weighted by atomic mass is 16.5. The summed E-state index contributed by atoms with van der Waals surface area (Å²) < 4.78 is 13.0. The molecule has 2 heterocycles. The van der Waals surface area contributed by atoms with Gasteiger partial charge in [-0.2, -0.15) is 0 Å². The minimum Gasteiger partial charge on any atom is -0.379 e. The fraction of sp³-hybridized carbons (Fsp3) is 0.591. The molecular weight excluding hydrogens is 382 g/mol. The molecule has 1 saturated heterocycles. The first kappa shape index (κ1) is 21.0. The minimum atomic E-state index is -0.0460. The van der Waals surface area contributed by atoms with E-state index in [0.717, 1.165) is 43.9 Å². The van der Waals surface area contributed by atoms with Crippen LogP contribution in [0, 0.1) is 11.8 Å². The van der Waals surface area contributed by atoms with Gasteiger partial charge in [0, 0.05) is 46.5 Å². The Morgan fingerprint density at radius 1 is 1.17 bits per heavy atom. The molecule has 0 spiro atoms. The fourth-order valence-electron chi connectivity index (χ4n) is 4.99. The Kier molecular flexibility index (Phi) is 6.46. The predicted molar refractivity (Wildman–Crippen MR) is 113 cm³/mol. The zero-order valence-corrected chi connectivity index (χ0v) is 18.0. The van der Waals surface area contributed by atoms with Gasteiger partial charge in [-0.25, -0.2) is 4.68 Å². The highest BCUT2D eigenvalue weighted by Gasteiger charge is 2.43. The lowest BCUT2D eigenvalue weighted by Crippen LogP contribution is -2.37. The second-order valence-corrected chi connectivity index (χ2v) is 8.53. The largest absolute Gasteiger partial charge is 0.379 e. The van der Waals surface area contributed by atoms with Crippen molar-refractivity contribution >= 4 is 11.6 Å². The number of ether oxygens (including phenoxy) is 2. The molecule has 4 rings (SSSR count). The smallest absolute Gasteiger partial charge is 0.221 e. The topological polar surface area (TPSA) is 81.5 Å². The monoisotopic (exact) mass is 413 g/mol. The molecule has 8 nitrogen and oxygen atoms in total. The molecule has 8 heteroatoms. The van der Waals surface area contributed by atoms with E-state index in [9.17, 15) is 4.79 Å². The fourth-order valence-corrected chi connectivity index (χ4v) is 4.99. The molecular formula is C22H31N5O3. The molecule has 1 aromatic heterocycles. The first-order chi connectivity index (χ1) is 14.6. The van der Waals surface area contributed by atoms with E-state index in [0.29, 0.717) is 18.4 Å². The lowest BCUT2D eigenvalue weighted by molar-refractivity contribution is -0.114. The van der Waals surface area contributed by atoms with Crippen molar-refractivity contribution in [2.45, 2.75) is 45.1 Å². The number of aromatic nitrogens is 3. The van der Waals surface area contributed by atoms with Gasteiger partial charge in [-0.15, -0.1) is 5.10 Å². The van der Waals surface area contributed by atoms with E-state index in [-0.39, 0.29) is 18.1 Å². The van der Waals surface area contributed by atoms with Crippen LogP contribution in [0.3, 0.4) is 0 Å². The number of anilines is 1. The number of rotatable bonds is 7. The van der Waals surface area contributed by atoms with Crippen LogP contribution < -0.4 is 5.32 Å². The van der Waals surface area contributed by atoms with Crippen LogP contribution in [0.2, 0.25) is 0 Å². The van der Waals surface area contributed by atoms with Crippen LogP contribution in [0.15, 0.2) is 30.5 Å². The van der Waals surface area contributed by atoms with Gasteiger partial charge >= 0.3 is 0 Å². The van der Waals surface area contributed by atoms with Crippen molar-refractivity contribution in [3.8, 4) is 0 Å². The summed E-state index contributed by atoms with van der Waals surface area (Å²) in [6, 6.07) is 8.35. The SMILES string of the molecule is COCc1cn([C@@H]2C[C@@H]3CN(Cc4ccc(NC(C)=O)cc4)C[C@@H]3C[C@H]2OC)nn1. The average molecular weight is 414 g/mol. The predicted octanol–water partition coefficient (Wildman–Crippen LogP) is 2.48. The number of carbonyl (C=O) groups excluding carboxylic acids is 1. The Morgan fingerprint density at radius 3 is 2.57 bits per heavy atom. The quantitative estimate of drug-likeness (QED) is 0.751. The molecule has 0 unspecified atom stereocenters. The summed E-state index contributed by atoms with van der Waals surface area (Å²) in [5.74, 6) is 1.23. The highest BCUT2D eigenvalue weighted by Crippen LogP contribution is 2.42. The van der Waals surface area contributed by atoms with Gasteiger partial charge in [0.15, 0.2) is 0 Å². The molecule has 30 heavy (non-hydrogen) atoms. The number of nitrogens with one attached hydrogen (secondary N) is 1. The van der Waals surface area contributed by atoms with Crippen molar-refractivity contribution in [2.75, 3.05) is 32.6 Å². The summed E-state index contributed by atoms with van der Waals surface area (Å²) in [4.78, 5) is 13.7. The summed E-state index contributed by atoms with van der Waals surface area (Å²) in [6.07, 6.45) is 4.24. The van der Waals surface area contributed by atoms with Gasteiger partial charge < -0.3 is 14.8 Å². The van der Waals surface area contributed by atoms with E-state index in [1.165, 1.54) is 12.5 Å². The highest BCUT2D eigenvalue weighted by molar-refractivity contribution is 5.88. The third-order valence-electron chi connectivity index (χ3n) is 6.33. The molecule has 1 N–H and O–H groups in total. The van der Waals surface area contributed by atoms with Crippen LogP contribution in [0.4, 0.5) is 5.69 Å². The van der Waals surface area contributed by atoms with Crippen LogP contribution in [0.1, 0.15) is 37.1 Å². The normalized spacial score (nSPS) is 26.5. The van der Waals surface area contributed by atoms with E-state index in [1.807, 2.05) is 23.0 Å². The van der Waals surface area contributed by atoms with Crippen molar-refractivity contribution in [3.05, 3.63) is 41.7 Å². The molecule has 2 aromatic rings. The Bertz CT molecular complexity index is 853. The maximum absolute atomic E-state index is 11.2. The van der Waals surface area contributed by atoms with Crippen molar-refractivity contribution < 1.29 is 14.3 Å². The van der Waals surface area contributed by atoms with E-state index >= 15 is 0 Å². The first-order valence-electron chi connectivity index (χ1n) is 10.6. The molecule has 1 aliphatic heterocycles. The lowest BCUT2D eigenvalue weighted by atomic mass is 9.77. The van der Waals surface area contributed by atoms with Crippen LogP contribution in [0.5, 0.6) is 0 Å². The minimum absolute atomic E-state index is 0.0460. The summed E-state index contributed by atoms with van der Waals surface area (Å²) in [6.45, 7) is 5.11. The van der Waals surface area contributed by atoms with Gasteiger partial charge in [-0.05, 0) is 42.4 Å². The first-order valence-corrected chi connectivity index (χ1v) is 10.6. The van der Waals surface area contributed by atoms with E-state index in [1.54, 1.807) is 14.2 Å².